The van der Waals surface area contributed by atoms with Crippen molar-refractivity contribution in [2.45, 2.75) is 13.8 Å². The molecule has 0 saturated carbocycles. The van der Waals surface area contributed by atoms with Crippen LogP contribution in [0.15, 0.2) is 30.0 Å². The van der Waals surface area contributed by atoms with Crippen molar-refractivity contribution < 1.29 is 9.47 Å². The average Bonchev–Trinajstić information content (AvgIpc) is 2.35. The topological polar surface area (TPSA) is 21.7 Å². The first-order chi connectivity index (χ1) is 7.63. The molecule has 1 aromatic rings. The number of methoxy groups -OCH3 is 2. The summed E-state index contributed by atoms with van der Waals surface area (Å²) in [5, 5.41) is 0. The van der Waals surface area contributed by atoms with E-state index >= 15 is 0 Å². The first-order valence-electron chi connectivity index (χ1n) is 5.22. The van der Waals surface area contributed by atoms with Crippen LogP contribution < -0.4 is 14.4 Å². The molecule has 0 spiro atoms. The molecule has 1 aromatic carbocycles. The summed E-state index contributed by atoms with van der Waals surface area (Å²) in [7, 11) is 5.30. The van der Waals surface area contributed by atoms with E-state index in [2.05, 4.69) is 17.9 Å². The Morgan fingerprint density at radius 1 is 1.19 bits per heavy atom. The third-order valence-electron chi connectivity index (χ3n) is 2.70. The summed E-state index contributed by atoms with van der Waals surface area (Å²) in [5.41, 5.74) is 2.26. The smallest absolute Gasteiger partial charge is 0.162 e. The van der Waals surface area contributed by atoms with Gasteiger partial charge in [0.25, 0.3) is 0 Å². The third-order valence-corrected chi connectivity index (χ3v) is 2.70. The highest BCUT2D eigenvalue weighted by Gasteiger charge is 2.08. The fourth-order valence-corrected chi connectivity index (χ4v) is 1.43. The van der Waals surface area contributed by atoms with Gasteiger partial charge in [-0.3, -0.25) is 0 Å². The number of nitrogens with zero attached hydrogens (tertiary/aromatic N) is 1. The maximum atomic E-state index is 5.27. The van der Waals surface area contributed by atoms with Crippen molar-refractivity contribution in [2.75, 3.05) is 26.2 Å². The van der Waals surface area contributed by atoms with Crippen LogP contribution in [-0.4, -0.2) is 21.3 Å². The van der Waals surface area contributed by atoms with E-state index in [1.807, 2.05) is 32.2 Å². The predicted octanol–water partition coefficient (Wildman–Crippen LogP) is 3.06. The van der Waals surface area contributed by atoms with Gasteiger partial charge in [-0.25, -0.2) is 0 Å². The maximum absolute atomic E-state index is 5.27. The lowest BCUT2D eigenvalue weighted by Gasteiger charge is -2.21. The molecule has 0 saturated heterocycles. The normalized spacial score (nSPS) is 11.2. The molecule has 88 valence electrons. The Balaban J connectivity index is 3.08. The third kappa shape index (κ3) is 2.48. The lowest BCUT2D eigenvalue weighted by molar-refractivity contribution is 0.355. The first-order valence-corrected chi connectivity index (χ1v) is 5.22. The lowest BCUT2D eigenvalue weighted by atomic mass is 10.2. The van der Waals surface area contributed by atoms with Crippen molar-refractivity contribution in [1.82, 2.24) is 0 Å². The number of hydrogen-bond acceptors (Lipinski definition) is 3. The van der Waals surface area contributed by atoms with E-state index < -0.39 is 0 Å². The average molecular weight is 221 g/mol. The Morgan fingerprint density at radius 2 is 1.81 bits per heavy atom. The summed E-state index contributed by atoms with van der Waals surface area (Å²) < 4.78 is 10.5. The molecule has 0 fully saturated rings. The van der Waals surface area contributed by atoms with Crippen LogP contribution >= 0.6 is 0 Å². The molecular formula is C13H19NO2. The van der Waals surface area contributed by atoms with Gasteiger partial charge in [-0.2, -0.15) is 0 Å². The van der Waals surface area contributed by atoms with Gasteiger partial charge in [0.2, 0.25) is 0 Å². The lowest BCUT2D eigenvalue weighted by Crippen LogP contribution is -2.13. The summed E-state index contributed by atoms with van der Waals surface area (Å²) in [6.07, 6.45) is 2.07. The minimum Gasteiger partial charge on any atom is -0.493 e. The second kappa shape index (κ2) is 5.45. The molecule has 1 rings (SSSR count). The van der Waals surface area contributed by atoms with E-state index in [-0.39, 0.29) is 0 Å². The van der Waals surface area contributed by atoms with Crippen LogP contribution in [-0.2, 0) is 0 Å². The summed E-state index contributed by atoms with van der Waals surface area (Å²) in [5.74, 6) is 1.49. The molecule has 0 heterocycles. The van der Waals surface area contributed by atoms with Crippen LogP contribution in [0.3, 0.4) is 0 Å². The van der Waals surface area contributed by atoms with Crippen LogP contribution in [0.1, 0.15) is 13.8 Å². The van der Waals surface area contributed by atoms with Crippen molar-refractivity contribution in [1.29, 1.82) is 0 Å². The van der Waals surface area contributed by atoms with Gasteiger partial charge >= 0.3 is 0 Å². The van der Waals surface area contributed by atoms with Gasteiger partial charge in [-0.1, -0.05) is 6.08 Å². The van der Waals surface area contributed by atoms with Gasteiger partial charge < -0.3 is 14.4 Å². The fourth-order valence-electron chi connectivity index (χ4n) is 1.43. The molecule has 0 radical (unpaired) electrons. The largest absolute Gasteiger partial charge is 0.493 e. The number of ether oxygens (including phenoxy) is 2. The Morgan fingerprint density at radius 3 is 2.31 bits per heavy atom. The van der Waals surface area contributed by atoms with E-state index in [4.69, 9.17) is 9.47 Å². The molecular weight excluding hydrogens is 202 g/mol. The van der Waals surface area contributed by atoms with Gasteiger partial charge in [0, 0.05) is 24.5 Å². The highest BCUT2D eigenvalue weighted by molar-refractivity contribution is 5.58. The van der Waals surface area contributed by atoms with Gasteiger partial charge in [-0.15, -0.1) is 0 Å². The van der Waals surface area contributed by atoms with Crippen LogP contribution in [0.25, 0.3) is 0 Å². The van der Waals surface area contributed by atoms with Crippen molar-refractivity contribution in [2.24, 2.45) is 0 Å². The predicted molar refractivity (Wildman–Crippen MR) is 67.4 cm³/mol. The number of anilines is 1. The maximum Gasteiger partial charge on any atom is 0.162 e. The minimum atomic E-state index is 0.746. The number of rotatable bonds is 4. The molecule has 0 atom stereocenters. The zero-order valence-corrected chi connectivity index (χ0v) is 10.6. The van der Waals surface area contributed by atoms with Crippen LogP contribution in [0, 0.1) is 0 Å². The Hall–Kier alpha value is -1.64. The minimum absolute atomic E-state index is 0.746. The van der Waals surface area contributed by atoms with Crippen molar-refractivity contribution in [3.63, 3.8) is 0 Å². The second-order valence-electron chi connectivity index (χ2n) is 3.53. The molecule has 0 amide bonds. The van der Waals surface area contributed by atoms with E-state index in [1.165, 1.54) is 5.70 Å². The fraction of sp³-hybridized carbons (Fsp3) is 0.385. The Bertz CT molecular complexity index is 386. The molecule has 16 heavy (non-hydrogen) atoms. The highest BCUT2D eigenvalue weighted by atomic mass is 16.5. The van der Waals surface area contributed by atoms with Crippen molar-refractivity contribution in [3.8, 4) is 11.5 Å². The molecule has 0 N–H and O–H groups in total. The summed E-state index contributed by atoms with van der Waals surface area (Å²) in [6.45, 7) is 4.09. The Kier molecular flexibility index (Phi) is 4.23. The van der Waals surface area contributed by atoms with E-state index in [1.54, 1.807) is 14.2 Å². The number of allylic oxidation sites excluding steroid dienone is 2. The van der Waals surface area contributed by atoms with Crippen LogP contribution in [0.5, 0.6) is 11.5 Å². The SMILES string of the molecule is C/C=C(\C)N(C)c1ccc(OC)c(OC)c1. The zero-order chi connectivity index (χ0) is 12.1. The molecule has 0 bridgehead atoms. The number of benzene rings is 1. The molecule has 0 aliphatic carbocycles. The molecule has 0 unspecified atom stereocenters. The first kappa shape index (κ1) is 12.4. The van der Waals surface area contributed by atoms with E-state index in [0.717, 1.165) is 17.2 Å². The molecule has 0 aromatic heterocycles. The second-order valence-corrected chi connectivity index (χ2v) is 3.53. The highest BCUT2D eigenvalue weighted by Crippen LogP contribution is 2.31. The summed E-state index contributed by atoms with van der Waals surface area (Å²) >= 11 is 0. The molecule has 3 heteroatoms. The zero-order valence-electron chi connectivity index (χ0n) is 10.6. The van der Waals surface area contributed by atoms with Gasteiger partial charge in [0.15, 0.2) is 11.5 Å². The van der Waals surface area contributed by atoms with Crippen molar-refractivity contribution >= 4 is 5.69 Å². The molecule has 0 aliphatic heterocycles. The quantitative estimate of drug-likeness (QED) is 0.780. The number of hydrogen-bond donors (Lipinski definition) is 0. The van der Waals surface area contributed by atoms with E-state index in [9.17, 15) is 0 Å². The van der Waals surface area contributed by atoms with E-state index in [0.29, 0.717) is 0 Å². The molecule has 0 aliphatic rings. The van der Waals surface area contributed by atoms with Crippen LogP contribution in [0.4, 0.5) is 5.69 Å². The van der Waals surface area contributed by atoms with Gasteiger partial charge in [0.1, 0.15) is 0 Å². The van der Waals surface area contributed by atoms with Gasteiger partial charge in [-0.05, 0) is 26.0 Å². The summed E-state index contributed by atoms with van der Waals surface area (Å²) in [6, 6.07) is 5.88. The van der Waals surface area contributed by atoms with Crippen LogP contribution in [0.2, 0.25) is 0 Å². The summed E-state index contributed by atoms with van der Waals surface area (Å²) in [4.78, 5) is 2.10. The van der Waals surface area contributed by atoms with Crippen molar-refractivity contribution in [3.05, 3.63) is 30.0 Å². The standard InChI is InChI=1S/C13H19NO2/c1-6-10(2)14(3)11-7-8-12(15-4)13(9-11)16-5/h6-9H,1-5H3/b10-6+. The monoisotopic (exact) mass is 221 g/mol. The molecule has 3 nitrogen and oxygen atoms in total. The van der Waals surface area contributed by atoms with Gasteiger partial charge in [0.05, 0.1) is 14.2 Å². The Labute approximate surface area is 97.3 Å².